The van der Waals surface area contributed by atoms with Crippen molar-refractivity contribution in [3.63, 3.8) is 0 Å². The molecule has 5 atom stereocenters. The van der Waals surface area contributed by atoms with Gasteiger partial charge in [-0.05, 0) is 56.8 Å². The van der Waals surface area contributed by atoms with Crippen molar-refractivity contribution in [3.05, 3.63) is 12.2 Å². The molecule has 30 heavy (non-hydrogen) atoms. The highest BCUT2D eigenvalue weighted by Crippen LogP contribution is 2.45. The molecule has 2 saturated heterocycles. The summed E-state index contributed by atoms with van der Waals surface area (Å²) in [5.74, 6) is 1.03. The highest BCUT2D eigenvalue weighted by molar-refractivity contribution is 5.66. The van der Waals surface area contributed by atoms with E-state index in [1.807, 2.05) is 0 Å². The van der Waals surface area contributed by atoms with Crippen LogP contribution in [0.4, 0.5) is 0 Å². The first-order valence-electron chi connectivity index (χ1n) is 12.5. The number of hydrogen-bond acceptors (Lipinski definition) is 4. The number of hydrogen-bond donors (Lipinski definition) is 3. The van der Waals surface area contributed by atoms with E-state index in [0.29, 0.717) is 42.9 Å². The van der Waals surface area contributed by atoms with Crippen LogP contribution < -0.4 is 5.32 Å². The third kappa shape index (κ3) is 6.80. The second-order valence-corrected chi connectivity index (χ2v) is 10.0. The Labute approximate surface area is 182 Å². The maximum Gasteiger partial charge on any atom is 0.303 e. The van der Waals surface area contributed by atoms with Crippen molar-refractivity contribution in [3.8, 4) is 0 Å². The molecule has 1 saturated carbocycles. The van der Waals surface area contributed by atoms with Crippen molar-refractivity contribution in [2.75, 3.05) is 13.1 Å². The van der Waals surface area contributed by atoms with E-state index in [0.717, 1.165) is 38.6 Å². The molecule has 0 radical (unpaired) electrons. The summed E-state index contributed by atoms with van der Waals surface area (Å²) in [6.45, 7) is 3.72. The van der Waals surface area contributed by atoms with Crippen molar-refractivity contribution in [1.29, 1.82) is 0 Å². The lowest BCUT2D eigenvalue weighted by Gasteiger charge is -2.34. The van der Waals surface area contributed by atoms with E-state index >= 15 is 0 Å². The van der Waals surface area contributed by atoms with Gasteiger partial charge < -0.3 is 20.3 Å². The summed E-state index contributed by atoms with van der Waals surface area (Å²) < 4.78 is 6.22. The lowest BCUT2D eigenvalue weighted by atomic mass is 9.77. The smallest absolute Gasteiger partial charge is 0.303 e. The predicted octanol–water partition coefficient (Wildman–Crippen LogP) is 4.68. The lowest BCUT2D eigenvalue weighted by Crippen LogP contribution is -2.45. The Morgan fingerprint density at radius 3 is 2.53 bits per heavy atom. The lowest BCUT2D eigenvalue weighted by molar-refractivity contribution is -0.137. The quantitative estimate of drug-likeness (QED) is 0.297. The summed E-state index contributed by atoms with van der Waals surface area (Å²) in [7, 11) is 0. The molecule has 3 fully saturated rings. The molecule has 0 aromatic rings. The number of carboxylic acid groups (broad SMARTS) is 1. The van der Waals surface area contributed by atoms with Crippen LogP contribution in [0.2, 0.25) is 0 Å². The van der Waals surface area contributed by atoms with Crippen LogP contribution >= 0.6 is 0 Å². The van der Waals surface area contributed by atoms with Gasteiger partial charge in [0.05, 0.1) is 17.8 Å². The molecule has 2 bridgehead atoms. The van der Waals surface area contributed by atoms with Crippen molar-refractivity contribution in [2.24, 2.45) is 17.8 Å². The molecule has 3 aliphatic rings. The average molecular weight is 422 g/mol. The Balaban J connectivity index is 1.43. The molecule has 5 heteroatoms. The molecular formula is C25H43NO4. The Morgan fingerprint density at radius 1 is 1.10 bits per heavy atom. The normalized spacial score (nSPS) is 31.4. The molecule has 0 aromatic heterocycles. The van der Waals surface area contributed by atoms with Gasteiger partial charge in [-0.3, -0.25) is 4.79 Å². The van der Waals surface area contributed by atoms with Gasteiger partial charge in [-0.15, -0.1) is 0 Å². The molecule has 1 unspecified atom stereocenters. The van der Waals surface area contributed by atoms with Gasteiger partial charge in [-0.2, -0.15) is 0 Å². The number of nitrogens with one attached hydrogen (secondary N) is 1. The van der Waals surface area contributed by atoms with E-state index in [1.54, 1.807) is 0 Å². The van der Waals surface area contributed by atoms with Crippen LogP contribution in [0.15, 0.2) is 12.2 Å². The van der Waals surface area contributed by atoms with E-state index in [1.165, 1.54) is 38.5 Å². The molecular weight excluding hydrogens is 378 g/mol. The topological polar surface area (TPSA) is 78.8 Å². The largest absolute Gasteiger partial charge is 0.481 e. The molecule has 2 heterocycles. The standard InChI is InChI=1S/C25H43NO4/c1-2-25(29,16-19-10-6-5-7-11-19)18-26-17-21-20(22-14-15-23(21)30-22)12-8-3-4-9-13-24(27)28/h3,8,19-23,26,29H,2,4-7,9-18H2,1H3,(H,27,28)/b8-3-/t20-,21+,22-,23+,25?/m1/s1. The Hall–Kier alpha value is -0.910. The molecule has 1 aliphatic carbocycles. The summed E-state index contributed by atoms with van der Waals surface area (Å²) in [5.41, 5.74) is -0.583. The number of aliphatic carboxylic acids is 1. The van der Waals surface area contributed by atoms with E-state index in [-0.39, 0.29) is 6.42 Å². The fourth-order valence-corrected chi connectivity index (χ4v) is 5.96. The summed E-state index contributed by atoms with van der Waals surface area (Å²) in [4.78, 5) is 10.6. The molecule has 0 amide bonds. The zero-order chi connectivity index (χ0) is 21.4. The number of aliphatic hydroxyl groups is 1. The van der Waals surface area contributed by atoms with Gasteiger partial charge in [0.2, 0.25) is 0 Å². The number of rotatable bonds is 13. The molecule has 0 spiro atoms. The van der Waals surface area contributed by atoms with Crippen LogP contribution in [0.3, 0.4) is 0 Å². The monoisotopic (exact) mass is 421 g/mol. The van der Waals surface area contributed by atoms with Gasteiger partial charge in [0.1, 0.15) is 0 Å². The van der Waals surface area contributed by atoms with E-state index in [4.69, 9.17) is 9.84 Å². The molecule has 5 nitrogen and oxygen atoms in total. The van der Waals surface area contributed by atoms with Crippen LogP contribution in [-0.2, 0) is 9.53 Å². The van der Waals surface area contributed by atoms with Gasteiger partial charge in [0, 0.05) is 25.4 Å². The fraction of sp³-hybridized carbons (Fsp3) is 0.880. The number of unbranched alkanes of at least 4 members (excludes halogenated alkanes) is 1. The maximum atomic E-state index is 11.2. The minimum atomic E-state index is -0.716. The number of carboxylic acids is 1. The van der Waals surface area contributed by atoms with Gasteiger partial charge in [-0.25, -0.2) is 0 Å². The zero-order valence-corrected chi connectivity index (χ0v) is 18.9. The maximum absolute atomic E-state index is 11.2. The minimum absolute atomic E-state index is 0.245. The summed E-state index contributed by atoms with van der Waals surface area (Å²) in [6, 6.07) is 0. The SMILES string of the molecule is CCC(O)(CNC[C@H]1[C@@H](C/C=C\CCCC(=O)O)[C@H]2CC[C@@H]1O2)CC1CCCCC1. The van der Waals surface area contributed by atoms with Crippen LogP contribution in [-0.4, -0.2) is 47.1 Å². The van der Waals surface area contributed by atoms with Crippen LogP contribution in [0.5, 0.6) is 0 Å². The molecule has 0 aromatic carbocycles. The van der Waals surface area contributed by atoms with Crippen molar-refractivity contribution >= 4 is 5.97 Å². The van der Waals surface area contributed by atoms with Crippen LogP contribution in [0.1, 0.15) is 90.4 Å². The summed E-state index contributed by atoms with van der Waals surface area (Å²) in [5, 5.41) is 23.5. The third-order valence-electron chi connectivity index (χ3n) is 7.81. The summed E-state index contributed by atoms with van der Waals surface area (Å²) in [6.07, 6.45) is 18.6. The highest BCUT2D eigenvalue weighted by atomic mass is 16.5. The van der Waals surface area contributed by atoms with Crippen molar-refractivity contribution in [2.45, 2.75) is 108 Å². The first kappa shape index (κ1) is 23.7. The Kier molecular flexibility index (Phi) is 9.21. The molecule has 2 aliphatic heterocycles. The highest BCUT2D eigenvalue weighted by Gasteiger charge is 2.47. The van der Waals surface area contributed by atoms with E-state index in [9.17, 15) is 9.90 Å². The molecule has 3 N–H and O–H groups in total. The Bertz CT molecular complexity index is 559. The van der Waals surface area contributed by atoms with Gasteiger partial charge in [0.25, 0.3) is 0 Å². The summed E-state index contributed by atoms with van der Waals surface area (Å²) >= 11 is 0. The third-order valence-corrected chi connectivity index (χ3v) is 7.81. The first-order chi connectivity index (χ1) is 14.5. The van der Waals surface area contributed by atoms with E-state index in [2.05, 4.69) is 24.4 Å². The number of carbonyl (C=O) groups is 1. The van der Waals surface area contributed by atoms with Gasteiger partial charge >= 0.3 is 5.97 Å². The first-order valence-corrected chi connectivity index (χ1v) is 12.5. The molecule has 3 rings (SSSR count). The Morgan fingerprint density at radius 2 is 1.83 bits per heavy atom. The van der Waals surface area contributed by atoms with E-state index < -0.39 is 11.6 Å². The fourth-order valence-electron chi connectivity index (χ4n) is 5.96. The zero-order valence-electron chi connectivity index (χ0n) is 18.9. The van der Waals surface area contributed by atoms with Gasteiger partial charge in [-0.1, -0.05) is 51.2 Å². The molecule has 172 valence electrons. The van der Waals surface area contributed by atoms with Crippen molar-refractivity contribution in [1.82, 2.24) is 5.32 Å². The number of ether oxygens (including phenoxy) is 1. The number of allylic oxidation sites excluding steroid dienone is 2. The van der Waals surface area contributed by atoms with Crippen LogP contribution in [0, 0.1) is 17.8 Å². The van der Waals surface area contributed by atoms with Crippen molar-refractivity contribution < 1.29 is 19.7 Å². The second-order valence-electron chi connectivity index (χ2n) is 10.0. The minimum Gasteiger partial charge on any atom is -0.481 e. The predicted molar refractivity (Wildman–Crippen MR) is 119 cm³/mol. The second kappa shape index (κ2) is 11.6. The van der Waals surface area contributed by atoms with Gasteiger partial charge in [0.15, 0.2) is 0 Å². The number of fused-ring (bicyclic) bond motifs is 2. The van der Waals surface area contributed by atoms with Crippen LogP contribution in [0.25, 0.3) is 0 Å². The average Bonchev–Trinajstić information content (AvgIpc) is 3.33.